The molecule has 0 N–H and O–H groups in total. The molecule has 0 radical (unpaired) electrons. The first-order valence-electron chi connectivity index (χ1n) is 6.70. The SMILES string of the molecule is SCC1(CN2CCc3sccc3C2)CCCC1. The van der Waals surface area contributed by atoms with E-state index in [9.17, 15) is 0 Å². The highest BCUT2D eigenvalue weighted by Gasteiger charge is 2.35. The number of thiol groups is 1. The summed E-state index contributed by atoms with van der Waals surface area (Å²) in [5.74, 6) is 1.07. The first-order valence-corrected chi connectivity index (χ1v) is 8.21. The molecule has 0 aromatic carbocycles. The van der Waals surface area contributed by atoms with E-state index >= 15 is 0 Å². The van der Waals surface area contributed by atoms with E-state index in [1.165, 1.54) is 51.7 Å². The zero-order valence-electron chi connectivity index (χ0n) is 10.3. The van der Waals surface area contributed by atoms with Crippen molar-refractivity contribution in [1.29, 1.82) is 0 Å². The summed E-state index contributed by atoms with van der Waals surface area (Å²) in [6.07, 6.45) is 6.87. The van der Waals surface area contributed by atoms with Gasteiger partial charge in [-0.1, -0.05) is 12.8 Å². The quantitative estimate of drug-likeness (QED) is 0.819. The van der Waals surface area contributed by atoms with Crippen molar-refractivity contribution in [2.45, 2.75) is 38.6 Å². The summed E-state index contributed by atoms with van der Waals surface area (Å²) in [7, 11) is 0. The second-order valence-electron chi connectivity index (χ2n) is 5.69. The van der Waals surface area contributed by atoms with Crippen LogP contribution in [0.5, 0.6) is 0 Å². The van der Waals surface area contributed by atoms with Gasteiger partial charge in [-0.25, -0.2) is 0 Å². The third kappa shape index (κ3) is 2.42. The molecule has 3 rings (SSSR count). The van der Waals surface area contributed by atoms with Crippen LogP contribution in [-0.4, -0.2) is 23.7 Å². The van der Waals surface area contributed by atoms with Gasteiger partial charge in [0.25, 0.3) is 0 Å². The van der Waals surface area contributed by atoms with Crippen LogP contribution in [0.15, 0.2) is 11.4 Å². The van der Waals surface area contributed by atoms with E-state index < -0.39 is 0 Å². The number of rotatable bonds is 3. The van der Waals surface area contributed by atoms with Crippen LogP contribution >= 0.6 is 24.0 Å². The predicted molar refractivity (Wildman–Crippen MR) is 78.1 cm³/mol. The van der Waals surface area contributed by atoms with E-state index in [2.05, 4.69) is 29.0 Å². The molecule has 94 valence electrons. The summed E-state index contributed by atoms with van der Waals surface area (Å²) < 4.78 is 0. The molecule has 17 heavy (non-hydrogen) atoms. The minimum Gasteiger partial charge on any atom is -0.298 e. The Labute approximate surface area is 114 Å². The third-order valence-corrected chi connectivity index (χ3v) is 6.14. The molecule has 0 unspecified atom stereocenters. The molecule has 1 aromatic heterocycles. The third-order valence-electron chi connectivity index (χ3n) is 4.45. The van der Waals surface area contributed by atoms with Gasteiger partial charge in [-0.15, -0.1) is 11.3 Å². The van der Waals surface area contributed by atoms with Gasteiger partial charge in [0.2, 0.25) is 0 Å². The molecule has 0 saturated heterocycles. The predicted octanol–water partition coefficient (Wildman–Crippen LogP) is 3.60. The molecule has 0 bridgehead atoms. The van der Waals surface area contributed by atoms with Gasteiger partial charge in [0, 0.05) is 24.5 Å². The van der Waals surface area contributed by atoms with Crippen LogP contribution in [0.4, 0.5) is 0 Å². The topological polar surface area (TPSA) is 3.24 Å². The lowest BCUT2D eigenvalue weighted by molar-refractivity contribution is 0.159. The average molecular weight is 267 g/mol. The number of hydrogen-bond acceptors (Lipinski definition) is 3. The Kier molecular flexibility index (Phi) is 3.51. The van der Waals surface area contributed by atoms with Crippen molar-refractivity contribution in [2.24, 2.45) is 5.41 Å². The minimum absolute atomic E-state index is 0.524. The van der Waals surface area contributed by atoms with Crippen molar-refractivity contribution in [3.05, 3.63) is 21.9 Å². The standard InChI is InChI=1S/C14H21NS2/c16-11-14(5-1-2-6-14)10-15-7-3-13-12(9-15)4-8-17-13/h4,8,16H,1-3,5-7,9-11H2. The molecule has 1 fully saturated rings. The molecular formula is C14H21NS2. The van der Waals surface area contributed by atoms with E-state index in [0.29, 0.717) is 5.41 Å². The molecule has 0 atom stereocenters. The minimum atomic E-state index is 0.524. The lowest BCUT2D eigenvalue weighted by Crippen LogP contribution is -2.40. The van der Waals surface area contributed by atoms with Crippen molar-refractivity contribution in [3.8, 4) is 0 Å². The Morgan fingerprint density at radius 1 is 1.35 bits per heavy atom. The fraction of sp³-hybridized carbons (Fsp3) is 0.714. The van der Waals surface area contributed by atoms with Crippen molar-refractivity contribution in [1.82, 2.24) is 4.90 Å². The van der Waals surface area contributed by atoms with Gasteiger partial charge in [-0.05, 0) is 47.4 Å². The highest BCUT2D eigenvalue weighted by molar-refractivity contribution is 7.80. The Morgan fingerprint density at radius 3 is 2.94 bits per heavy atom. The first kappa shape index (κ1) is 12.1. The second-order valence-corrected chi connectivity index (χ2v) is 7.01. The maximum atomic E-state index is 4.62. The fourth-order valence-electron chi connectivity index (χ4n) is 3.41. The number of nitrogens with zero attached hydrogens (tertiary/aromatic N) is 1. The van der Waals surface area contributed by atoms with Crippen LogP contribution in [0, 0.1) is 5.41 Å². The molecule has 2 heterocycles. The van der Waals surface area contributed by atoms with E-state index in [1.807, 2.05) is 11.3 Å². The molecule has 0 amide bonds. The average Bonchev–Trinajstić information content (AvgIpc) is 2.97. The van der Waals surface area contributed by atoms with Crippen molar-refractivity contribution in [2.75, 3.05) is 18.8 Å². The van der Waals surface area contributed by atoms with Crippen molar-refractivity contribution in [3.63, 3.8) is 0 Å². The number of fused-ring (bicyclic) bond motifs is 1. The Balaban J connectivity index is 1.67. The Morgan fingerprint density at radius 2 is 2.18 bits per heavy atom. The maximum Gasteiger partial charge on any atom is 0.0245 e. The molecule has 3 heteroatoms. The van der Waals surface area contributed by atoms with Crippen molar-refractivity contribution >= 4 is 24.0 Å². The summed E-state index contributed by atoms with van der Waals surface area (Å²) in [4.78, 5) is 4.28. The fourth-order valence-corrected chi connectivity index (χ4v) is 4.71. The van der Waals surface area contributed by atoms with Gasteiger partial charge in [0.15, 0.2) is 0 Å². The van der Waals surface area contributed by atoms with E-state index in [4.69, 9.17) is 0 Å². The van der Waals surface area contributed by atoms with E-state index in [-0.39, 0.29) is 0 Å². The zero-order chi connectivity index (χ0) is 11.7. The normalized spacial score (nSPS) is 23.8. The largest absolute Gasteiger partial charge is 0.298 e. The lowest BCUT2D eigenvalue weighted by Gasteiger charge is -2.36. The van der Waals surface area contributed by atoms with Gasteiger partial charge in [-0.2, -0.15) is 12.6 Å². The first-order chi connectivity index (χ1) is 8.31. The van der Waals surface area contributed by atoms with E-state index in [1.54, 1.807) is 10.4 Å². The van der Waals surface area contributed by atoms with Crippen LogP contribution in [0.1, 0.15) is 36.1 Å². The smallest absolute Gasteiger partial charge is 0.0245 e. The van der Waals surface area contributed by atoms with Crippen LogP contribution in [0.3, 0.4) is 0 Å². The van der Waals surface area contributed by atoms with Gasteiger partial charge >= 0.3 is 0 Å². The molecule has 1 saturated carbocycles. The van der Waals surface area contributed by atoms with Crippen LogP contribution in [0.2, 0.25) is 0 Å². The zero-order valence-corrected chi connectivity index (χ0v) is 12.0. The number of thiophene rings is 1. The van der Waals surface area contributed by atoms with Gasteiger partial charge < -0.3 is 0 Å². The lowest BCUT2D eigenvalue weighted by atomic mass is 9.87. The summed E-state index contributed by atoms with van der Waals surface area (Å²) in [5.41, 5.74) is 2.10. The van der Waals surface area contributed by atoms with Crippen LogP contribution in [0.25, 0.3) is 0 Å². The summed E-state index contributed by atoms with van der Waals surface area (Å²) in [6.45, 7) is 3.70. The van der Waals surface area contributed by atoms with Crippen LogP contribution < -0.4 is 0 Å². The highest BCUT2D eigenvalue weighted by atomic mass is 32.1. The van der Waals surface area contributed by atoms with E-state index in [0.717, 1.165) is 5.75 Å². The monoisotopic (exact) mass is 267 g/mol. The molecular weight excluding hydrogens is 246 g/mol. The Hall–Kier alpha value is 0.0100. The second kappa shape index (κ2) is 4.94. The highest BCUT2D eigenvalue weighted by Crippen LogP contribution is 2.40. The van der Waals surface area contributed by atoms with Gasteiger partial charge in [0.1, 0.15) is 0 Å². The number of hydrogen-bond donors (Lipinski definition) is 1. The summed E-state index contributed by atoms with van der Waals surface area (Å²) >= 11 is 6.55. The molecule has 0 spiro atoms. The summed E-state index contributed by atoms with van der Waals surface area (Å²) in [5, 5.41) is 2.25. The molecule has 2 aliphatic rings. The van der Waals surface area contributed by atoms with Gasteiger partial charge in [-0.3, -0.25) is 4.90 Å². The van der Waals surface area contributed by atoms with Gasteiger partial charge in [0.05, 0.1) is 0 Å². The summed E-state index contributed by atoms with van der Waals surface area (Å²) in [6, 6.07) is 2.31. The van der Waals surface area contributed by atoms with Crippen molar-refractivity contribution < 1.29 is 0 Å². The maximum absolute atomic E-state index is 4.62. The molecule has 1 aliphatic carbocycles. The molecule has 1 aromatic rings. The molecule has 1 aliphatic heterocycles. The Bertz CT molecular complexity index is 379. The van der Waals surface area contributed by atoms with Crippen LogP contribution in [-0.2, 0) is 13.0 Å². The molecule has 1 nitrogen and oxygen atoms in total.